The van der Waals surface area contributed by atoms with Crippen molar-refractivity contribution in [1.82, 2.24) is 15.3 Å². The first-order valence-corrected chi connectivity index (χ1v) is 7.01. The van der Waals surface area contributed by atoms with Crippen LogP contribution in [0.2, 0.25) is 5.02 Å². The van der Waals surface area contributed by atoms with E-state index in [-0.39, 0.29) is 6.04 Å². The molecule has 4 heteroatoms. The summed E-state index contributed by atoms with van der Waals surface area (Å²) in [5, 5.41) is 5.45. The van der Waals surface area contributed by atoms with Crippen molar-refractivity contribution in [2.45, 2.75) is 19.5 Å². The molecule has 0 aliphatic heterocycles. The number of H-pyrrole nitrogens is 1. The van der Waals surface area contributed by atoms with Crippen molar-refractivity contribution < 1.29 is 0 Å². The standard InChI is InChI=1S/C16H16ClN3/c1-11(12-4-2-5-14(17)8-12)19-9-13-10-20-16-15(13)6-3-7-18-16/h2-8,10-11,19H,9H2,1H3,(H,18,20). The molecule has 0 saturated heterocycles. The Hall–Kier alpha value is -1.84. The molecule has 2 aromatic heterocycles. The lowest BCUT2D eigenvalue weighted by Gasteiger charge is -2.14. The molecule has 102 valence electrons. The number of aromatic amines is 1. The molecule has 0 aliphatic carbocycles. The van der Waals surface area contributed by atoms with E-state index in [2.05, 4.69) is 34.3 Å². The fourth-order valence-electron chi connectivity index (χ4n) is 2.32. The van der Waals surface area contributed by atoms with Crippen LogP contribution in [0.25, 0.3) is 11.0 Å². The number of rotatable bonds is 4. The normalized spacial score (nSPS) is 12.7. The summed E-state index contributed by atoms with van der Waals surface area (Å²) in [6, 6.07) is 12.2. The first-order valence-electron chi connectivity index (χ1n) is 6.64. The molecule has 1 aromatic carbocycles. The largest absolute Gasteiger partial charge is 0.346 e. The SMILES string of the molecule is CC(NCc1c[nH]c2ncccc12)c1cccc(Cl)c1. The van der Waals surface area contributed by atoms with Gasteiger partial charge in [0, 0.05) is 35.4 Å². The van der Waals surface area contributed by atoms with Crippen molar-refractivity contribution in [3.05, 3.63) is 64.9 Å². The van der Waals surface area contributed by atoms with Crippen LogP contribution in [-0.2, 0) is 6.54 Å². The average molecular weight is 286 g/mol. The van der Waals surface area contributed by atoms with Crippen LogP contribution < -0.4 is 5.32 Å². The summed E-state index contributed by atoms with van der Waals surface area (Å²) in [4.78, 5) is 7.49. The Morgan fingerprint density at radius 1 is 1.30 bits per heavy atom. The van der Waals surface area contributed by atoms with Gasteiger partial charge in [0.2, 0.25) is 0 Å². The van der Waals surface area contributed by atoms with Crippen molar-refractivity contribution in [3.8, 4) is 0 Å². The topological polar surface area (TPSA) is 40.7 Å². The van der Waals surface area contributed by atoms with E-state index in [1.165, 1.54) is 16.5 Å². The zero-order valence-corrected chi connectivity index (χ0v) is 12.0. The number of hydrogen-bond acceptors (Lipinski definition) is 2. The monoisotopic (exact) mass is 285 g/mol. The maximum absolute atomic E-state index is 6.03. The fraction of sp³-hybridized carbons (Fsp3) is 0.188. The number of fused-ring (bicyclic) bond motifs is 1. The first-order chi connectivity index (χ1) is 9.74. The molecule has 0 aliphatic rings. The van der Waals surface area contributed by atoms with Crippen LogP contribution in [0.15, 0.2) is 48.8 Å². The summed E-state index contributed by atoms with van der Waals surface area (Å²) in [5.74, 6) is 0. The second-order valence-corrected chi connectivity index (χ2v) is 5.31. The smallest absolute Gasteiger partial charge is 0.137 e. The number of halogens is 1. The number of aromatic nitrogens is 2. The molecule has 3 aromatic rings. The van der Waals surface area contributed by atoms with Crippen LogP contribution in [0.3, 0.4) is 0 Å². The third kappa shape index (κ3) is 2.69. The summed E-state index contributed by atoms with van der Waals surface area (Å²) in [5.41, 5.74) is 3.34. The van der Waals surface area contributed by atoms with Gasteiger partial charge in [-0.3, -0.25) is 0 Å². The molecule has 0 amide bonds. The van der Waals surface area contributed by atoms with Crippen molar-refractivity contribution >= 4 is 22.6 Å². The van der Waals surface area contributed by atoms with E-state index in [9.17, 15) is 0 Å². The summed E-state index contributed by atoms with van der Waals surface area (Å²) in [6.07, 6.45) is 3.81. The predicted octanol–water partition coefficient (Wildman–Crippen LogP) is 4.07. The molecule has 2 heterocycles. The van der Waals surface area contributed by atoms with Crippen molar-refractivity contribution in [1.29, 1.82) is 0 Å². The Bertz CT molecular complexity index is 720. The molecule has 0 saturated carbocycles. The number of hydrogen-bond donors (Lipinski definition) is 2. The summed E-state index contributed by atoms with van der Waals surface area (Å²) < 4.78 is 0. The summed E-state index contributed by atoms with van der Waals surface area (Å²) in [6.45, 7) is 2.93. The summed E-state index contributed by atoms with van der Waals surface area (Å²) >= 11 is 6.03. The van der Waals surface area contributed by atoms with Crippen LogP contribution in [0.5, 0.6) is 0 Å². The molecule has 3 nitrogen and oxygen atoms in total. The number of nitrogens with one attached hydrogen (secondary N) is 2. The molecule has 0 bridgehead atoms. The highest BCUT2D eigenvalue weighted by Crippen LogP contribution is 2.19. The molecule has 0 radical (unpaired) electrons. The lowest BCUT2D eigenvalue weighted by Crippen LogP contribution is -2.17. The minimum atomic E-state index is 0.246. The first kappa shape index (κ1) is 13.2. The Kier molecular flexibility index (Phi) is 3.72. The zero-order valence-electron chi connectivity index (χ0n) is 11.2. The van der Waals surface area contributed by atoms with Gasteiger partial charge in [-0.15, -0.1) is 0 Å². The van der Waals surface area contributed by atoms with Crippen molar-refractivity contribution in [2.75, 3.05) is 0 Å². The Morgan fingerprint density at radius 3 is 3.05 bits per heavy atom. The van der Waals surface area contributed by atoms with Gasteiger partial charge >= 0.3 is 0 Å². The quantitative estimate of drug-likeness (QED) is 0.759. The van der Waals surface area contributed by atoms with Crippen LogP contribution in [0.4, 0.5) is 0 Å². The number of benzene rings is 1. The Morgan fingerprint density at radius 2 is 2.20 bits per heavy atom. The second kappa shape index (κ2) is 5.65. The molecule has 1 atom stereocenters. The van der Waals surface area contributed by atoms with Gasteiger partial charge in [0.15, 0.2) is 0 Å². The second-order valence-electron chi connectivity index (χ2n) is 4.87. The van der Waals surface area contributed by atoms with Gasteiger partial charge in [0.1, 0.15) is 5.65 Å². The van der Waals surface area contributed by atoms with Gasteiger partial charge in [-0.1, -0.05) is 23.7 Å². The highest BCUT2D eigenvalue weighted by atomic mass is 35.5. The lowest BCUT2D eigenvalue weighted by atomic mass is 10.1. The van der Waals surface area contributed by atoms with Gasteiger partial charge in [0.05, 0.1) is 0 Å². The molecular weight excluding hydrogens is 270 g/mol. The maximum Gasteiger partial charge on any atom is 0.137 e. The minimum Gasteiger partial charge on any atom is -0.346 e. The Balaban J connectivity index is 1.73. The van der Waals surface area contributed by atoms with Crippen molar-refractivity contribution in [2.24, 2.45) is 0 Å². The minimum absolute atomic E-state index is 0.246. The van der Waals surface area contributed by atoms with E-state index in [0.717, 1.165) is 17.2 Å². The van der Waals surface area contributed by atoms with Crippen LogP contribution >= 0.6 is 11.6 Å². The molecule has 3 rings (SSSR count). The van der Waals surface area contributed by atoms with Gasteiger partial charge < -0.3 is 10.3 Å². The molecule has 20 heavy (non-hydrogen) atoms. The molecule has 0 fully saturated rings. The molecular formula is C16H16ClN3. The van der Waals surface area contributed by atoms with Gasteiger partial charge in [-0.05, 0) is 42.3 Å². The van der Waals surface area contributed by atoms with Crippen molar-refractivity contribution in [3.63, 3.8) is 0 Å². The average Bonchev–Trinajstić information content (AvgIpc) is 2.88. The van der Waals surface area contributed by atoms with E-state index < -0.39 is 0 Å². The van der Waals surface area contributed by atoms with Gasteiger partial charge in [-0.2, -0.15) is 0 Å². The zero-order chi connectivity index (χ0) is 13.9. The van der Waals surface area contributed by atoms with E-state index >= 15 is 0 Å². The van der Waals surface area contributed by atoms with Gasteiger partial charge in [0.25, 0.3) is 0 Å². The lowest BCUT2D eigenvalue weighted by molar-refractivity contribution is 0.576. The summed E-state index contributed by atoms with van der Waals surface area (Å²) in [7, 11) is 0. The molecule has 1 unspecified atom stereocenters. The highest BCUT2D eigenvalue weighted by molar-refractivity contribution is 6.30. The molecule has 2 N–H and O–H groups in total. The third-order valence-corrected chi connectivity index (χ3v) is 3.72. The van der Waals surface area contributed by atoms with Gasteiger partial charge in [-0.25, -0.2) is 4.98 Å². The third-order valence-electron chi connectivity index (χ3n) is 3.48. The van der Waals surface area contributed by atoms with E-state index in [1.54, 1.807) is 6.20 Å². The van der Waals surface area contributed by atoms with E-state index in [4.69, 9.17) is 11.6 Å². The van der Waals surface area contributed by atoms with Crippen LogP contribution in [-0.4, -0.2) is 9.97 Å². The number of nitrogens with zero attached hydrogens (tertiary/aromatic N) is 1. The predicted molar refractivity (Wildman–Crippen MR) is 82.8 cm³/mol. The molecule has 0 spiro atoms. The van der Waals surface area contributed by atoms with E-state index in [0.29, 0.717) is 0 Å². The fourth-order valence-corrected chi connectivity index (χ4v) is 2.51. The number of pyridine rings is 1. The van der Waals surface area contributed by atoms with E-state index in [1.807, 2.05) is 30.5 Å². The highest BCUT2D eigenvalue weighted by Gasteiger charge is 2.08. The van der Waals surface area contributed by atoms with Crippen LogP contribution in [0.1, 0.15) is 24.1 Å². The maximum atomic E-state index is 6.03. The Labute approximate surface area is 123 Å². The van der Waals surface area contributed by atoms with Crippen LogP contribution in [0, 0.1) is 0 Å².